The maximum Gasteiger partial charge on any atom is 0.305 e. The largest absolute Gasteiger partial charge is 0.466 e. The summed E-state index contributed by atoms with van der Waals surface area (Å²) < 4.78 is 5.49. The van der Waals surface area contributed by atoms with Gasteiger partial charge in [0.15, 0.2) is 0 Å². The van der Waals surface area contributed by atoms with Crippen molar-refractivity contribution in [3.05, 3.63) is 36.5 Å². The van der Waals surface area contributed by atoms with Crippen molar-refractivity contribution in [1.29, 1.82) is 0 Å². The fourth-order valence-electron chi connectivity index (χ4n) is 9.61. The second kappa shape index (κ2) is 59.6. The van der Waals surface area contributed by atoms with Gasteiger partial charge < -0.3 is 20.3 Å². The average Bonchev–Trinajstić information content (AvgIpc) is 3.36. The first-order valence-corrected chi connectivity index (χ1v) is 31.3. The maximum absolute atomic E-state index is 12.4. The number of nitrogens with one attached hydrogen (secondary N) is 1. The van der Waals surface area contributed by atoms with Crippen molar-refractivity contribution in [2.75, 3.05) is 13.2 Å². The zero-order valence-corrected chi connectivity index (χ0v) is 47.0. The van der Waals surface area contributed by atoms with Crippen LogP contribution < -0.4 is 5.32 Å². The summed E-state index contributed by atoms with van der Waals surface area (Å²) in [4.78, 5) is 24.5. The van der Waals surface area contributed by atoms with Gasteiger partial charge in [-0.25, -0.2) is 0 Å². The standard InChI is InChI=1S/C64H121NO5/c1-3-5-7-9-11-13-14-15-16-28-32-35-38-42-46-50-54-58-64(69)70-59-55-51-47-43-39-36-33-30-27-25-23-21-19-17-18-20-22-24-26-29-31-34-37-41-45-49-53-57-63(68)65-61(60-66)62(67)56-52-48-44-40-12-10-8-6-4-2/h11,13,15-16,52,56,61-62,66-67H,3-10,12,14,17-51,53-55,57-60H2,1-2H3,(H,65,68)/b13-11-,16-15-,56-52+. The summed E-state index contributed by atoms with van der Waals surface area (Å²) in [6.45, 7) is 4.86. The van der Waals surface area contributed by atoms with E-state index in [0.717, 1.165) is 51.4 Å². The first-order valence-electron chi connectivity index (χ1n) is 31.3. The molecule has 1 amide bonds. The lowest BCUT2D eigenvalue weighted by atomic mass is 10.0. The molecule has 0 radical (unpaired) electrons. The van der Waals surface area contributed by atoms with Crippen LogP contribution in [0.2, 0.25) is 0 Å². The highest BCUT2D eigenvalue weighted by atomic mass is 16.5. The Hall–Kier alpha value is -1.92. The van der Waals surface area contributed by atoms with E-state index in [0.29, 0.717) is 19.4 Å². The van der Waals surface area contributed by atoms with Crippen molar-refractivity contribution in [1.82, 2.24) is 5.32 Å². The van der Waals surface area contributed by atoms with Crippen molar-refractivity contribution in [3.63, 3.8) is 0 Å². The molecule has 0 rings (SSSR count). The molecular formula is C64H121NO5. The van der Waals surface area contributed by atoms with Crippen molar-refractivity contribution in [3.8, 4) is 0 Å². The molecule has 2 atom stereocenters. The first-order chi connectivity index (χ1) is 34.5. The molecule has 0 aliphatic carbocycles. The third kappa shape index (κ3) is 55.4. The Morgan fingerprint density at radius 2 is 0.714 bits per heavy atom. The van der Waals surface area contributed by atoms with Crippen molar-refractivity contribution in [2.24, 2.45) is 0 Å². The number of unbranched alkanes of at least 4 members (excludes halogenated alkanes) is 43. The number of amides is 1. The lowest BCUT2D eigenvalue weighted by Gasteiger charge is -2.20. The molecule has 0 saturated carbocycles. The number of allylic oxidation sites excluding steroid dienone is 5. The first kappa shape index (κ1) is 68.1. The second-order valence-electron chi connectivity index (χ2n) is 21.4. The fourth-order valence-corrected chi connectivity index (χ4v) is 9.61. The second-order valence-corrected chi connectivity index (χ2v) is 21.4. The third-order valence-corrected chi connectivity index (χ3v) is 14.4. The molecule has 2 unspecified atom stereocenters. The number of rotatable bonds is 58. The maximum atomic E-state index is 12.4. The Morgan fingerprint density at radius 3 is 1.11 bits per heavy atom. The highest BCUT2D eigenvalue weighted by molar-refractivity contribution is 5.76. The minimum atomic E-state index is -0.840. The van der Waals surface area contributed by atoms with E-state index in [9.17, 15) is 19.8 Å². The van der Waals surface area contributed by atoms with E-state index in [-0.39, 0.29) is 18.5 Å². The molecule has 70 heavy (non-hydrogen) atoms. The number of aliphatic hydroxyl groups excluding tert-OH is 2. The van der Waals surface area contributed by atoms with Crippen LogP contribution in [0.1, 0.15) is 335 Å². The Kier molecular flexibility index (Phi) is 58.0. The van der Waals surface area contributed by atoms with Gasteiger partial charge in [0.2, 0.25) is 5.91 Å². The van der Waals surface area contributed by atoms with E-state index in [1.807, 2.05) is 6.08 Å². The number of aliphatic hydroxyl groups is 2. The number of hydrogen-bond acceptors (Lipinski definition) is 5. The molecule has 0 saturated heterocycles. The van der Waals surface area contributed by atoms with E-state index >= 15 is 0 Å². The summed E-state index contributed by atoms with van der Waals surface area (Å²) in [6, 6.07) is -0.623. The molecule has 6 nitrogen and oxygen atoms in total. The molecule has 0 aromatic heterocycles. The minimum absolute atomic E-state index is 0.00973. The molecule has 412 valence electrons. The number of carbonyl (C=O) groups excluding carboxylic acids is 2. The van der Waals surface area contributed by atoms with Gasteiger partial charge in [-0.3, -0.25) is 9.59 Å². The van der Waals surface area contributed by atoms with Crippen LogP contribution in [0.15, 0.2) is 36.5 Å². The van der Waals surface area contributed by atoms with Crippen molar-refractivity contribution in [2.45, 2.75) is 347 Å². The zero-order valence-electron chi connectivity index (χ0n) is 47.0. The summed E-state index contributed by atoms with van der Waals surface area (Å²) in [5.74, 6) is -0.0577. The molecule has 0 aliphatic rings. The topological polar surface area (TPSA) is 95.9 Å². The molecule has 0 fully saturated rings. The Morgan fingerprint density at radius 1 is 0.400 bits per heavy atom. The highest BCUT2D eigenvalue weighted by Crippen LogP contribution is 2.18. The van der Waals surface area contributed by atoms with Gasteiger partial charge in [-0.05, 0) is 64.2 Å². The van der Waals surface area contributed by atoms with Crippen LogP contribution in [-0.2, 0) is 14.3 Å². The SMILES string of the molecule is CCCCC/C=C\C/C=C\CCCCCCCCCC(=O)OCCCCCCCCCCCCCCCCCCCCCCCCCCCCCC(=O)NC(CO)C(O)/C=C/CCCCCCCCC. The monoisotopic (exact) mass is 984 g/mol. The smallest absolute Gasteiger partial charge is 0.305 e. The summed E-state index contributed by atoms with van der Waals surface area (Å²) in [5.41, 5.74) is 0. The van der Waals surface area contributed by atoms with Crippen LogP contribution in [0.25, 0.3) is 0 Å². The van der Waals surface area contributed by atoms with Gasteiger partial charge >= 0.3 is 5.97 Å². The molecule has 3 N–H and O–H groups in total. The number of carbonyl (C=O) groups is 2. The highest BCUT2D eigenvalue weighted by Gasteiger charge is 2.18. The van der Waals surface area contributed by atoms with Crippen LogP contribution in [0.4, 0.5) is 0 Å². The summed E-state index contributed by atoms with van der Waals surface area (Å²) in [5, 5.41) is 22.9. The molecule has 0 spiro atoms. The molecule has 6 heteroatoms. The van der Waals surface area contributed by atoms with Gasteiger partial charge in [0.1, 0.15) is 0 Å². The molecule has 0 heterocycles. The lowest BCUT2D eigenvalue weighted by molar-refractivity contribution is -0.143. The van der Waals surface area contributed by atoms with Gasteiger partial charge in [-0.15, -0.1) is 0 Å². The van der Waals surface area contributed by atoms with Gasteiger partial charge in [0, 0.05) is 12.8 Å². The number of ether oxygens (including phenoxy) is 1. The molecule has 0 aromatic rings. The van der Waals surface area contributed by atoms with E-state index in [2.05, 4.69) is 43.5 Å². The quantitative estimate of drug-likeness (QED) is 0.0321. The predicted molar refractivity (Wildman–Crippen MR) is 306 cm³/mol. The van der Waals surface area contributed by atoms with E-state index in [1.165, 1.54) is 257 Å². The summed E-state index contributed by atoms with van der Waals surface area (Å²) in [6.07, 6.45) is 74.9. The van der Waals surface area contributed by atoms with E-state index in [4.69, 9.17) is 4.74 Å². The normalized spacial score (nSPS) is 12.8. The van der Waals surface area contributed by atoms with Gasteiger partial charge in [0.25, 0.3) is 0 Å². The zero-order chi connectivity index (χ0) is 50.7. The van der Waals surface area contributed by atoms with Crippen molar-refractivity contribution >= 4 is 11.9 Å². The van der Waals surface area contributed by atoms with Crippen LogP contribution >= 0.6 is 0 Å². The van der Waals surface area contributed by atoms with Crippen LogP contribution in [0.5, 0.6) is 0 Å². The van der Waals surface area contributed by atoms with Gasteiger partial charge in [-0.2, -0.15) is 0 Å². The number of hydrogen-bond donors (Lipinski definition) is 3. The summed E-state index contributed by atoms with van der Waals surface area (Å²) >= 11 is 0. The molecular weight excluding hydrogens is 863 g/mol. The Labute approximate surface area is 436 Å². The molecule has 0 aromatic carbocycles. The van der Waals surface area contributed by atoms with Gasteiger partial charge in [0.05, 0.1) is 25.4 Å². The minimum Gasteiger partial charge on any atom is -0.466 e. The predicted octanol–water partition coefficient (Wildman–Crippen LogP) is 19.6. The average molecular weight is 985 g/mol. The van der Waals surface area contributed by atoms with Crippen LogP contribution in [-0.4, -0.2) is 47.4 Å². The fraction of sp³-hybridized carbons (Fsp3) is 0.875. The lowest BCUT2D eigenvalue weighted by Crippen LogP contribution is -2.45. The Balaban J connectivity index is 3.33. The van der Waals surface area contributed by atoms with E-state index in [1.54, 1.807) is 6.08 Å². The third-order valence-electron chi connectivity index (χ3n) is 14.4. The molecule has 0 bridgehead atoms. The molecule has 0 aliphatic heterocycles. The van der Waals surface area contributed by atoms with E-state index < -0.39 is 12.1 Å². The van der Waals surface area contributed by atoms with Crippen molar-refractivity contribution < 1.29 is 24.5 Å². The summed E-state index contributed by atoms with van der Waals surface area (Å²) in [7, 11) is 0. The van der Waals surface area contributed by atoms with Gasteiger partial charge in [-0.1, -0.05) is 294 Å². The number of esters is 1. The van der Waals surface area contributed by atoms with Crippen LogP contribution in [0.3, 0.4) is 0 Å². The van der Waals surface area contributed by atoms with Crippen LogP contribution in [0, 0.1) is 0 Å². The Bertz CT molecular complexity index is 1130.